The van der Waals surface area contributed by atoms with Gasteiger partial charge < -0.3 is 14.7 Å². The molecule has 22 heavy (non-hydrogen) atoms. The van der Waals surface area contributed by atoms with Gasteiger partial charge in [-0.1, -0.05) is 17.7 Å². The number of rotatable bonds is 5. The normalized spacial score (nSPS) is 21.5. The average Bonchev–Trinajstić information content (AvgIpc) is 2.56. The number of benzene rings is 1. The van der Waals surface area contributed by atoms with E-state index in [4.69, 9.17) is 16.3 Å². The van der Waals surface area contributed by atoms with Gasteiger partial charge in [0, 0.05) is 24.7 Å². The third kappa shape index (κ3) is 4.14. The van der Waals surface area contributed by atoms with Crippen molar-refractivity contribution >= 4 is 17.5 Å². The largest absolute Gasteiger partial charge is 0.497 e. The van der Waals surface area contributed by atoms with Gasteiger partial charge in [-0.25, -0.2) is 0 Å². The predicted molar refractivity (Wildman–Crippen MR) is 87.3 cm³/mol. The number of amides is 1. The van der Waals surface area contributed by atoms with Crippen molar-refractivity contribution in [1.29, 1.82) is 0 Å². The summed E-state index contributed by atoms with van der Waals surface area (Å²) in [6.45, 7) is 0.256. The number of hydrogen-bond acceptors (Lipinski definition) is 3. The molecule has 0 bridgehead atoms. The molecule has 0 spiro atoms. The first-order valence-corrected chi connectivity index (χ1v) is 8.12. The van der Waals surface area contributed by atoms with Gasteiger partial charge in [-0.3, -0.25) is 4.79 Å². The number of carbonyl (C=O) groups excluding carboxylic acids is 1. The van der Waals surface area contributed by atoms with E-state index in [0.717, 1.165) is 31.2 Å². The van der Waals surface area contributed by atoms with E-state index in [2.05, 4.69) is 0 Å². The van der Waals surface area contributed by atoms with Crippen LogP contribution >= 0.6 is 11.6 Å². The lowest BCUT2D eigenvalue weighted by atomic mass is 9.86. The molecule has 5 heteroatoms. The highest BCUT2D eigenvalue weighted by atomic mass is 35.5. The van der Waals surface area contributed by atoms with Crippen molar-refractivity contribution in [2.75, 3.05) is 20.8 Å². The topological polar surface area (TPSA) is 49.8 Å². The first-order chi connectivity index (χ1) is 10.5. The number of methoxy groups -OCH3 is 1. The van der Waals surface area contributed by atoms with E-state index in [0.29, 0.717) is 23.1 Å². The molecule has 1 saturated carbocycles. The predicted octanol–water partition coefficient (Wildman–Crippen LogP) is 2.90. The maximum Gasteiger partial charge on any atom is 0.227 e. The summed E-state index contributed by atoms with van der Waals surface area (Å²) in [6, 6.07) is 5.67. The maximum absolute atomic E-state index is 12.5. The Morgan fingerprint density at radius 1 is 1.36 bits per heavy atom. The van der Waals surface area contributed by atoms with E-state index in [1.807, 2.05) is 24.1 Å². The van der Waals surface area contributed by atoms with E-state index in [1.54, 1.807) is 13.2 Å². The van der Waals surface area contributed by atoms with Crippen molar-refractivity contribution in [2.24, 2.45) is 5.92 Å². The van der Waals surface area contributed by atoms with Crippen molar-refractivity contribution in [1.82, 2.24) is 4.90 Å². The van der Waals surface area contributed by atoms with Crippen molar-refractivity contribution in [3.05, 3.63) is 28.8 Å². The number of halogens is 1. The van der Waals surface area contributed by atoms with Gasteiger partial charge in [-0.05, 0) is 49.3 Å². The highest BCUT2D eigenvalue weighted by molar-refractivity contribution is 6.31. The molecule has 1 aromatic carbocycles. The Morgan fingerprint density at radius 2 is 2.05 bits per heavy atom. The molecule has 0 unspecified atom stereocenters. The molecule has 4 nitrogen and oxygen atoms in total. The van der Waals surface area contributed by atoms with E-state index >= 15 is 0 Å². The first-order valence-electron chi connectivity index (χ1n) is 7.74. The average molecular weight is 326 g/mol. The highest BCUT2D eigenvalue weighted by Gasteiger charge is 2.26. The molecule has 1 fully saturated rings. The molecule has 0 atom stereocenters. The molecule has 1 aliphatic rings. The maximum atomic E-state index is 12.5. The van der Waals surface area contributed by atoms with Crippen LogP contribution < -0.4 is 4.74 Å². The van der Waals surface area contributed by atoms with E-state index in [1.165, 1.54) is 0 Å². The fourth-order valence-corrected chi connectivity index (χ4v) is 3.24. The van der Waals surface area contributed by atoms with Crippen LogP contribution in [-0.2, 0) is 11.2 Å². The second-order valence-corrected chi connectivity index (χ2v) is 6.40. The zero-order valence-corrected chi connectivity index (χ0v) is 14.0. The second-order valence-electron chi connectivity index (χ2n) is 6.00. The zero-order valence-electron chi connectivity index (χ0n) is 13.2. The number of likely N-dealkylation sites (N-methyl/N-ethyl adjacent to an activating group) is 1. The number of carbonyl (C=O) groups is 1. The Morgan fingerprint density at radius 3 is 2.59 bits per heavy atom. The lowest BCUT2D eigenvalue weighted by Crippen LogP contribution is -2.40. The molecular formula is C17H24ClNO3. The summed E-state index contributed by atoms with van der Waals surface area (Å²) in [6.07, 6.45) is 4.21. The monoisotopic (exact) mass is 325 g/mol. The van der Waals surface area contributed by atoms with E-state index < -0.39 is 0 Å². The molecule has 1 N–H and O–H groups in total. The van der Waals surface area contributed by atoms with Crippen molar-refractivity contribution in [3.8, 4) is 5.75 Å². The Labute approximate surface area is 137 Å². The van der Waals surface area contributed by atoms with Crippen LogP contribution in [0.25, 0.3) is 0 Å². The van der Waals surface area contributed by atoms with Gasteiger partial charge in [-0.2, -0.15) is 0 Å². The summed E-state index contributed by atoms with van der Waals surface area (Å²) in [5.74, 6) is 1.17. The molecule has 0 saturated heterocycles. The van der Waals surface area contributed by atoms with Gasteiger partial charge in [0.05, 0.1) is 13.5 Å². The van der Waals surface area contributed by atoms with Gasteiger partial charge in [-0.15, -0.1) is 0 Å². The molecular weight excluding hydrogens is 302 g/mol. The highest BCUT2D eigenvalue weighted by Crippen LogP contribution is 2.28. The third-order valence-corrected chi connectivity index (χ3v) is 4.97. The van der Waals surface area contributed by atoms with Crippen LogP contribution in [0.4, 0.5) is 0 Å². The molecule has 1 aliphatic carbocycles. The van der Waals surface area contributed by atoms with Crippen LogP contribution in [0.5, 0.6) is 5.75 Å². The smallest absolute Gasteiger partial charge is 0.227 e. The minimum absolute atomic E-state index is 0.0829. The van der Waals surface area contributed by atoms with Crippen LogP contribution in [0.15, 0.2) is 18.2 Å². The lowest BCUT2D eigenvalue weighted by molar-refractivity contribution is -0.132. The van der Waals surface area contributed by atoms with Gasteiger partial charge >= 0.3 is 0 Å². The van der Waals surface area contributed by atoms with Crippen molar-refractivity contribution in [2.45, 2.75) is 38.1 Å². The summed E-state index contributed by atoms with van der Waals surface area (Å²) < 4.78 is 5.12. The quantitative estimate of drug-likeness (QED) is 0.905. The number of nitrogens with zero attached hydrogens (tertiary/aromatic N) is 1. The Balaban J connectivity index is 1.94. The summed E-state index contributed by atoms with van der Waals surface area (Å²) in [7, 11) is 3.46. The van der Waals surface area contributed by atoms with Crippen LogP contribution in [-0.4, -0.2) is 42.7 Å². The molecule has 2 rings (SSSR count). The number of hydrogen-bond donors (Lipinski definition) is 1. The summed E-state index contributed by atoms with van der Waals surface area (Å²) >= 11 is 6.20. The minimum atomic E-state index is 0.0829. The van der Waals surface area contributed by atoms with E-state index in [9.17, 15) is 9.90 Å². The molecule has 0 aliphatic heterocycles. The van der Waals surface area contributed by atoms with Gasteiger partial charge in [0.2, 0.25) is 5.91 Å². The van der Waals surface area contributed by atoms with Gasteiger partial charge in [0.15, 0.2) is 0 Å². The second kappa shape index (κ2) is 7.84. The Bertz CT molecular complexity index is 513. The first kappa shape index (κ1) is 17.1. The SMILES string of the molecule is COc1ccc(CC(=O)N(C)C2CCC(CO)CC2)c(Cl)c1. The van der Waals surface area contributed by atoms with Crippen molar-refractivity contribution in [3.63, 3.8) is 0 Å². The number of aliphatic hydroxyl groups is 1. The lowest BCUT2D eigenvalue weighted by Gasteiger charge is -2.34. The number of ether oxygens (including phenoxy) is 1. The Hall–Kier alpha value is -1.26. The third-order valence-electron chi connectivity index (χ3n) is 4.62. The molecule has 1 amide bonds. The fourth-order valence-electron chi connectivity index (χ4n) is 3.00. The number of aliphatic hydroxyl groups excluding tert-OH is 1. The van der Waals surface area contributed by atoms with Crippen molar-refractivity contribution < 1.29 is 14.6 Å². The zero-order chi connectivity index (χ0) is 16.1. The molecule has 1 aromatic rings. The standard InChI is InChI=1S/C17H24ClNO3/c1-19(14-6-3-12(11-20)4-7-14)17(21)9-13-5-8-15(22-2)10-16(13)18/h5,8,10,12,14,20H,3-4,6-7,9,11H2,1-2H3. The minimum Gasteiger partial charge on any atom is -0.497 e. The van der Waals surface area contributed by atoms with Crippen LogP contribution in [0.3, 0.4) is 0 Å². The molecule has 0 aromatic heterocycles. The molecule has 0 heterocycles. The summed E-state index contributed by atoms with van der Waals surface area (Å²) in [4.78, 5) is 14.3. The molecule has 0 radical (unpaired) electrons. The summed E-state index contributed by atoms with van der Waals surface area (Å²) in [5.41, 5.74) is 0.823. The van der Waals surface area contributed by atoms with Gasteiger partial charge in [0.25, 0.3) is 0 Å². The van der Waals surface area contributed by atoms with Crippen LogP contribution in [0.1, 0.15) is 31.2 Å². The van der Waals surface area contributed by atoms with Crippen LogP contribution in [0, 0.1) is 5.92 Å². The summed E-state index contributed by atoms with van der Waals surface area (Å²) in [5, 5.41) is 9.75. The van der Waals surface area contributed by atoms with Crippen LogP contribution in [0.2, 0.25) is 5.02 Å². The van der Waals surface area contributed by atoms with E-state index in [-0.39, 0.29) is 18.6 Å². The molecule has 122 valence electrons. The fraction of sp³-hybridized carbons (Fsp3) is 0.588. The Kier molecular flexibility index (Phi) is 6.09. The van der Waals surface area contributed by atoms with Gasteiger partial charge in [0.1, 0.15) is 5.75 Å².